The molecule has 2 unspecified atom stereocenters. The van der Waals surface area contributed by atoms with Gasteiger partial charge in [-0.15, -0.1) is 11.6 Å². The maximum atomic E-state index is 12.5. The van der Waals surface area contributed by atoms with Crippen molar-refractivity contribution in [1.29, 1.82) is 0 Å². The van der Waals surface area contributed by atoms with E-state index in [0.717, 1.165) is 16.3 Å². The second-order valence-corrected chi connectivity index (χ2v) is 6.47. The van der Waals surface area contributed by atoms with E-state index in [0.29, 0.717) is 12.0 Å². The topological polar surface area (TPSA) is 49.3 Å². The number of alkyl halides is 1. The van der Waals surface area contributed by atoms with Crippen molar-refractivity contribution in [2.45, 2.75) is 24.8 Å². The average molecular weight is 354 g/mol. The molecule has 0 aliphatic carbocycles. The maximum Gasteiger partial charge on any atom is 0.238 e. The molecule has 0 heterocycles. The summed E-state index contributed by atoms with van der Waals surface area (Å²) in [5.74, 6) is -0.0965. The number of rotatable bonds is 5. The van der Waals surface area contributed by atoms with Crippen molar-refractivity contribution in [3.05, 3.63) is 77.9 Å². The lowest BCUT2D eigenvalue weighted by atomic mass is 9.92. The number of halogens is 1. The molecule has 4 heteroatoms. The van der Waals surface area contributed by atoms with E-state index in [2.05, 4.69) is 5.32 Å². The Kier molecular flexibility index (Phi) is 5.25. The fraction of sp³-hybridized carbons (Fsp3) is 0.190. The molecule has 0 aliphatic heterocycles. The zero-order valence-corrected chi connectivity index (χ0v) is 14.7. The zero-order chi connectivity index (χ0) is 17.8. The van der Waals surface area contributed by atoms with E-state index in [1.165, 1.54) is 0 Å². The molecule has 0 aromatic heterocycles. The third-order valence-corrected chi connectivity index (χ3v) is 4.81. The first-order valence-corrected chi connectivity index (χ1v) is 8.75. The molecule has 3 nitrogen and oxygen atoms in total. The van der Waals surface area contributed by atoms with Crippen LogP contribution in [-0.2, 0) is 4.79 Å². The molecule has 128 valence electrons. The first-order chi connectivity index (χ1) is 12.1. The van der Waals surface area contributed by atoms with Gasteiger partial charge in [-0.05, 0) is 28.8 Å². The number of nitrogens with one attached hydrogen (secondary N) is 1. The summed E-state index contributed by atoms with van der Waals surface area (Å²) in [6.07, 6.45) is 0.538. The molecule has 0 spiro atoms. The van der Waals surface area contributed by atoms with Gasteiger partial charge in [-0.2, -0.15) is 0 Å². The van der Waals surface area contributed by atoms with Crippen LogP contribution in [0.1, 0.15) is 30.5 Å². The number of hydrogen-bond donors (Lipinski definition) is 2. The summed E-state index contributed by atoms with van der Waals surface area (Å²) >= 11 is 6.12. The summed E-state index contributed by atoms with van der Waals surface area (Å²) in [6.45, 7) is 1.87. The van der Waals surface area contributed by atoms with Crippen molar-refractivity contribution in [1.82, 2.24) is 5.32 Å². The van der Waals surface area contributed by atoms with Crippen molar-refractivity contribution in [2.24, 2.45) is 0 Å². The van der Waals surface area contributed by atoms with Gasteiger partial charge in [0, 0.05) is 5.56 Å². The Morgan fingerprint density at radius 3 is 2.44 bits per heavy atom. The van der Waals surface area contributed by atoms with Crippen molar-refractivity contribution >= 4 is 28.3 Å². The van der Waals surface area contributed by atoms with E-state index >= 15 is 0 Å². The van der Waals surface area contributed by atoms with Gasteiger partial charge in [-0.3, -0.25) is 4.79 Å². The number of phenolic OH excluding ortho intramolecular Hbond substituents is 1. The Labute approximate surface area is 152 Å². The number of carbonyl (C=O) groups is 1. The molecular weight excluding hydrogens is 334 g/mol. The van der Waals surface area contributed by atoms with Crippen LogP contribution < -0.4 is 5.32 Å². The van der Waals surface area contributed by atoms with Crippen LogP contribution >= 0.6 is 11.6 Å². The van der Waals surface area contributed by atoms with E-state index in [9.17, 15) is 9.90 Å². The Morgan fingerprint density at radius 2 is 1.72 bits per heavy atom. The monoisotopic (exact) mass is 353 g/mol. The number of phenols is 1. The predicted molar refractivity (Wildman–Crippen MR) is 102 cm³/mol. The first-order valence-electron chi connectivity index (χ1n) is 8.31. The minimum absolute atomic E-state index is 0.149. The van der Waals surface area contributed by atoms with Crippen LogP contribution in [0.15, 0.2) is 66.7 Å². The smallest absolute Gasteiger partial charge is 0.238 e. The number of amides is 1. The van der Waals surface area contributed by atoms with E-state index in [1.807, 2.05) is 67.6 Å². The van der Waals surface area contributed by atoms with E-state index in [-0.39, 0.29) is 11.7 Å². The van der Waals surface area contributed by atoms with Gasteiger partial charge in [-0.1, -0.05) is 67.6 Å². The Balaban J connectivity index is 2.15. The maximum absolute atomic E-state index is 12.5. The van der Waals surface area contributed by atoms with Crippen LogP contribution in [-0.4, -0.2) is 16.4 Å². The normalized spacial score (nSPS) is 13.4. The number of fused-ring (bicyclic) bond motifs is 1. The highest BCUT2D eigenvalue weighted by atomic mass is 35.5. The molecule has 0 fully saturated rings. The highest BCUT2D eigenvalue weighted by Gasteiger charge is 2.24. The molecule has 2 N–H and O–H groups in total. The van der Waals surface area contributed by atoms with Crippen molar-refractivity contribution < 1.29 is 9.90 Å². The summed E-state index contributed by atoms with van der Waals surface area (Å²) in [5.41, 5.74) is 1.57. The number of carbonyl (C=O) groups excluding carboxylic acids is 1. The van der Waals surface area contributed by atoms with Gasteiger partial charge in [0.1, 0.15) is 11.1 Å². The number of benzene rings is 3. The largest absolute Gasteiger partial charge is 0.508 e. The lowest BCUT2D eigenvalue weighted by molar-refractivity contribution is -0.121. The van der Waals surface area contributed by atoms with Crippen molar-refractivity contribution in [2.75, 3.05) is 0 Å². The summed E-state index contributed by atoms with van der Waals surface area (Å²) in [5, 5.41) is 14.9. The van der Waals surface area contributed by atoms with Gasteiger partial charge in [0.05, 0.1) is 6.04 Å². The predicted octanol–water partition coefficient (Wildman–Crippen LogP) is 4.77. The lowest BCUT2D eigenvalue weighted by Gasteiger charge is -2.23. The van der Waals surface area contributed by atoms with Crippen LogP contribution in [0.25, 0.3) is 10.8 Å². The van der Waals surface area contributed by atoms with Gasteiger partial charge in [-0.25, -0.2) is 0 Å². The van der Waals surface area contributed by atoms with Crippen LogP contribution in [0.4, 0.5) is 0 Å². The minimum atomic E-state index is -0.608. The fourth-order valence-electron chi connectivity index (χ4n) is 2.97. The highest BCUT2D eigenvalue weighted by molar-refractivity contribution is 6.30. The molecule has 0 saturated carbocycles. The SMILES string of the molecule is CCC(Cl)C(=O)NC(c1ccccc1)c1c(O)ccc2ccccc12. The molecule has 0 aliphatic rings. The standard InChI is InChI=1S/C21H20ClNO2/c1-2-17(22)21(25)23-20(15-9-4-3-5-10-15)19-16-11-7-6-8-14(16)12-13-18(19)24/h3-13,17,20,24H,2H2,1H3,(H,23,25). The minimum Gasteiger partial charge on any atom is -0.508 e. The van der Waals surface area contributed by atoms with Gasteiger partial charge in [0.15, 0.2) is 0 Å². The summed E-state index contributed by atoms with van der Waals surface area (Å²) < 4.78 is 0. The summed E-state index contributed by atoms with van der Waals surface area (Å²) in [7, 11) is 0. The van der Waals surface area contributed by atoms with Gasteiger partial charge in [0.2, 0.25) is 5.91 Å². The third-order valence-electron chi connectivity index (χ3n) is 4.30. The first kappa shape index (κ1) is 17.3. The molecule has 1 amide bonds. The highest BCUT2D eigenvalue weighted by Crippen LogP contribution is 2.35. The van der Waals surface area contributed by atoms with Gasteiger partial charge in [0.25, 0.3) is 0 Å². The van der Waals surface area contributed by atoms with E-state index < -0.39 is 11.4 Å². The molecule has 25 heavy (non-hydrogen) atoms. The van der Waals surface area contributed by atoms with Gasteiger partial charge < -0.3 is 10.4 Å². The van der Waals surface area contributed by atoms with E-state index in [4.69, 9.17) is 11.6 Å². The molecule has 0 radical (unpaired) electrons. The molecule has 3 aromatic carbocycles. The second kappa shape index (κ2) is 7.58. The fourth-order valence-corrected chi connectivity index (χ4v) is 3.04. The molecule has 0 saturated heterocycles. The third kappa shape index (κ3) is 3.62. The Morgan fingerprint density at radius 1 is 1.04 bits per heavy atom. The Bertz CT molecular complexity index is 879. The van der Waals surface area contributed by atoms with Crippen LogP contribution in [0, 0.1) is 0 Å². The number of aromatic hydroxyl groups is 1. The quantitative estimate of drug-likeness (QED) is 0.649. The van der Waals surface area contributed by atoms with E-state index in [1.54, 1.807) is 6.07 Å². The molecular formula is C21H20ClNO2. The van der Waals surface area contributed by atoms with Crippen LogP contribution in [0.2, 0.25) is 0 Å². The second-order valence-electron chi connectivity index (χ2n) is 5.95. The van der Waals surface area contributed by atoms with Crippen molar-refractivity contribution in [3.8, 4) is 5.75 Å². The van der Waals surface area contributed by atoms with Crippen LogP contribution in [0.3, 0.4) is 0 Å². The molecule has 0 bridgehead atoms. The van der Waals surface area contributed by atoms with Gasteiger partial charge >= 0.3 is 0 Å². The lowest BCUT2D eigenvalue weighted by Crippen LogP contribution is -2.35. The molecule has 3 rings (SSSR count). The summed E-state index contributed by atoms with van der Waals surface area (Å²) in [6, 6.07) is 20.5. The summed E-state index contributed by atoms with van der Waals surface area (Å²) in [4.78, 5) is 12.5. The molecule has 2 atom stereocenters. The average Bonchev–Trinajstić information content (AvgIpc) is 2.66. The van der Waals surface area contributed by atoms with Crippen LogP contribution in [0.5, 0.6) is 5.75 Å². The zero-order valence-electron chi connectivity index (χ0n) is 13.9. The number of hydrogen-bond acceptors (Lipinski definition) is 2. The molecule has 3 aromatic rings. The Hall–Kier alpha value is -2.52. The van der Waals surface area contributed by atoms with Crippen molar-refractivity contribution in [3.63, 3.8) is 0 Å².